The molecule has 1 aromatic heterocycles. The van der Waals surface area contributed by atoms with E-state index in [4.69, 9.17) is 4.55 Å². The monoisotopic (exact) mass is 256 g/mol. The second-order valence-electron chi connectivity index (χ2n) is 1.89. The van der Waals surface area contributed by atoms with Gasteiger partial charge in [0.15, 0.2) is 4.16 Å². The highest BCUT2D eigenvalue weighted by molar-refractivity contribution is 9.10. The molecule has 1 unspecified atom stereocenters. The third kappa shape index (κ3) is 2.26. The van der Waals surface area contributed by atoms with Gasteiger partial charge in [-0.3, -0.25) is 4.55 Å². The Kier molecular flexibility index (Phi) is 2.69. The first-order chi connectivity index (χ1) is 5.02. The van der Waals surface area contributed by atoms with Gasteiger partial charge in [0.2, 0.25) is 0 Å². The van der Waals surface area contributed by atoms with E-state index < -0.39 is 14.3 Å². The van der Waals surface area contributed by atoms with Crippen LogP contribution in [0, 0.1) is 0 Å². The number of thiophene rings is 1. The maximum absolute atomic E-state index is 10.5. The number of halogens is 1. The molecule has 11 heavy (non-hydrogen) atoms. The van der Waals surface area contributed by atoms with E-state index in [1.54, 1.807) is 16.8 Å². The maximum Gasteiger partial charge on any atom is 0.282 e. The van der Waals surface area contributed by atoms with Gasteiger partial charge in [0.1, 0.15) is 0 Å². The Balaban J connectivity index is 2.97. The van der Waals surface area contributed by atoms with Gasteiger partial charge in [-0.05, 0) is 22.4 Å². The van der Waals surface area contributed by atoms with E-state index in [9.17, 15) is 8.42 Å². The van der Waals surface area contributed by atoms with Gasteiger partial charge in [0, 0.05) is 0 Å². The normalized spacial score (nSPS) is 14.7. The number of hydrogen-bond acceptors (Lipinski definition) is 3. The average Bonchev–Trinajstić information content (AvgIpc) is 2.34. The van der Waals surface area contributed by atoms with Crippen LogP contribution < -0.4 is 0 Å². The molecule has 0 saturated carbocycles. The van der Waals surface area contributed by atoms with Crippen molar-refractivity contribution in [3.8, 4) is 0 Å². The fourth-order valence-electron chi connectivity index (χ4n) is 0.576. The molecule has 1 aromatic rings. The highest BCUT2D eigenvalue weighted by Gasteiger charge is 2.21. The molecule has 0 saturated heterocycles. The Morgan fingerprint density at radius 3 is 2.64 bits per heavy atom. The first-order valence-corrected chi connectivity index (χ1v) is 6.00. The molecule has 0 fully saturated rings. The summed E-state index contributed by atoms with van der Waals surface area (Å²) in [6.07, 6.45) is 0. The molecule has 0 aromatic carbocycles. The second-order valence-corrected chi connectivity index (χ2v) is 5.69. The number of alkyl halides is 1. The van der Waals surface area contributed by atoms with Crippen LogP contribution in [0.5, 0.6) is 0 Å². The van der Waals surface area contributed by atoms with Crippen molar-refractivity contribution in [3.05, 3.63) is 22.4 Å². The van der Waals surface area contributed by atoms with Gasteiger partial charge in [-0.2, -0.15) is 19.8 Å². The van der Waals surface area contributed by atoms with Gasteiger partial charge >= 0.3 is 0 Å². The molecule has 1 heterocycles. The molecule has 0 radical (unpaired) electrons. The molecule has 1 rings (SSSR count). The maximum atomic E-state index is 10.5. The summed E-state index contributed by atoms with van der Waals surface area (Å²) in [5.74, 6) is 0. The Morgan fingerprint density at radius 2 is 2.27 bits per heavy atom. The molecule has 62 valence electrons. The molecule has 3 nitrogen and oxygen atoms in total. The molecule has 1 atom stereocenters. The third-order valence-corrected chi connectivity index (χ3v) is 4.51. The van der Waals surface area contributed by atoms with E-state index in [-0.39, 0.29) is 0 Å². The van der Waals surface area contributed by atoms with Crippen LogP contribution in [0.25, 0.3) is 0 Å². The minimum Gasteiger partial charge on any atom is -0.284 e. The molecule has 0 amide bonds. The van der Waals surface area contributed by atoms with E-state index >= 15 is 0 Å². The van der Waals surface area contributed by atoms with E-state index in [1.807, 2.05) is 0 Å². The molecule has 1 N–H and O–H groups in total. The predicted molar refractivity (Wildman–Crippen MR) is 47.5 cm³/mol. The summed E-state index contributed by atoms with van der Waals surface area (Å²) < 4.78 is 28.7. The first kappa shape index (κ1) is 9.18. The van der Waals surface area contributed by atoms with Gasteiger partial charge in [0.05, 0.1) is 0 Å². The van der Waals surface area contributed by atoms with E-state index in [0.717, 1.165) is 0 Å². The van der Waals surface area contributed by atoms with Crippen LogP contribution in [-0.4, -0.2) is 13.0 Å². The smallest absolute Gasteiger partial charge is 0.282 e. The Bertz CT molecular complexity index is 316. The minimum atomic E-state index is -4.00. The minimum absolute atomic E-state index is 0.553. The van der Waals surface area contributed by atoms with Crippen molar-refractivity contribution in [2.75, 3.05) is 0 Å². The molecule has 0 bridgehead atoms. The van der Waals surface area contributed by atoms with Crippen molar-refractivity contribution in [3.63, 3.8) is 0 Å². The summed E-state index contributed by atoms with van der Waals surface area (Å²) >= 11 is 4.23. The van der Waals surface area contributed by atoms with Crippen LogP contribution in [0.15, 0.2) is 16.8 Å². The van der Waals surface area contributed by atoms with Gasteiger partial charge in [-0.1, -0.05) is 15.9 Å². The SMILES string of the molecule is O=S(=O)(O)C(Br)c1ccsc1. The molecule has 0 aliphatic heterocycles. The van der Waals surface area contributed by atoms with Gasteiger partial charge in [-0.25, -0.2) is 0 Å². The van der Waals surface area contributed by atoms with Crippen molar-refractivity contribution in [2.24, 2.45) is 0 Å². The van der Waals surface area contributed by atoms with Gasteiger partial charge in [0.25, 0.3) is 10.1 Å². The van der Waals surface area contributed by atoms with Crippen LogP contribution in [-0.2, 0) is 10.1 Å². The summed E-state index contributed by atoms with van der Waals surface area (Å²) in [5.41, 5.74) is 0.553. The van der Waals surface area contributed by atoms with Crippen LogP contribution in [0.3, 0.4) is 0 Å². The summed E-state index contributed by atoms with van der Waals surface area (Å²) in [7, 11) is -4.00. The lowest BCUT2D eigenvalue weighted by molar-refractivity contribution is 0.481. The molecular formula is C5H5BrO3S2. The van der Waals surface area contributed by atoms with Crippen molar-refractivity contribution in [1.82, 2.24) is 0 Å². The standard InChI is InChI=1S/C5H5BrO3S2/c6-5(11(7,8)9)4-1-2-10-3-4/h1-3,5H,(H,7,8,9). The highest BCUT2D eigenvalue weighted by Crippen LogP contribution is 2.29. The summed E-state index contributed by atoms with van der Waals surface area (Å²) in [6.45, 7) is 0. The summed E-state index contributed by atoms with van der Waals surface area (Å²) in [4.78, 5) is 0. The largest absolute Gasteiger partial charge is 0.284 e. The fourth-order valence-corrected chi connectivity index (χ4v) is 2.30. The zero-order valence-corrected chi connectivity index (χ0v) is 8.49. The van der Waals surface area contributed by atoms with Gasteiger partial charge in [-0.15, -0.1) is 0 Å². The second kappa shape index (κ2) is 3.22. The number of rotatable bonds is 2. The molecule has 6 heteroatoms. The third-order valence-electron chi connectivity index (χ3n) is 1.07. The molecule has 0 aliphatic rings. The summed E-state index contributed by atoms with van der Waals surface area (Å²) in [6, 6.07) is 1.64. The lowest BCUT2D eigenvalue weighted by atomic mass is 10.4. The Hall–Kier alpha value is 0.0900. The zero-order chi connectivity index (χ0) is 8.48. The lowest BCUT2D eigenvalue weighted by Crippen LogP contribution is -2.04. The van der Waals surface area contributed by atoms with Gasteiger partial charge < -0.3 is 0 Å². The van der Waals surface area contributed by atoms with Crippen molar-refractivity contribution in [2.45, 2.75) is 4.16 Å². The van der Waals surface area contributed by atoms with Crippen LogP contribution in [0.2, 0.25) is 0 Å². The quantitative estimate of drug-likeness (QED) is 0.651. The Labute approximate surface area is 76.9 Å². The van der Waals surface area contributed by atoms with Crippen molar-refractivity contribution < 1.29 is 13.0 Å². The first-order valence-electron chi connectivity index (χ1n) is 2.64. The van der Waals surface area contributed by atoms with Crippen molar-refractivity contribution in [1.29, 1.82) is 0 Å². The average molecular weight is 257 g/mol. The zero-order valence-electron chi connectivity index (χ0n) is 5.27. The van der Waals surface area contributed by atoms with E-state index in [0.29, 0.717) is 5.56 Å². The topological polar surface area (TPSA) is 54.4 Å². The van der Waals surface area contributed by atoms with Crippen molar-refractivity contribution >= 4 is 37.4 Å². The molecule has 0 spiro atoms. The van der Waals surface area contributed by atoms with Crippen LogP contribution >= 0.6 is 27.3 Å². The summed E-state index contributed by atoms with van der Waals surface area (Å²) in [5, 5.41) is 3.40. The lowest BCUT2D eigenvalue weighted by Gasteiger charge is -2.01. The fraction of sp³-hybridized carbons (Fsp3) is 0.200. The highest BCUT2D eigenvalue weighted by atomic mass is 79.9. The van der Waals surface area contributed by atoms with E-state index in [2.05, 4.69) is 15.9 Å². The van der Waals surface area contributed by atoms with E-state index in [1.165, 1.54) is 11.3 Å². The molecule has 0 aliphatic carbocycles. The van der Waals surface area contributed by atoms with Crippen LogP contribution in [0.1, 0.15) is 9.72 Å². The predicted octanol–water partition coefficient (Wildman–Crippen LogP) is 2.03. The molecular weight excluding hydrogens is 252 g/mol. The van der Waals surface area contributed by atoms with Crippen LogP contribution in [0.4, 0.5) is 0 Å². The Morgan fingerprint density at radius 1 is 1.64 bits per heavy atom. The number of hydrogen-bond donors (Lipinski definition) is 1.